The van der Waals surface area contributed by atoms with Gasteiger partial charge in [-0.3, -0.25) is 4.98 Å². The summed E-state index contributed by atoms with van der Waals surface area (Å²) in [5, 5.41) is 15.9. The molecule has 0 spiro atoms. The third-order valence-corrected chi connectivity index (χ3v) is 7.96. The number of benzene rings is 1. The van der Waals surface area contributed by atoms with Crippen LogP contribution in [0.3, 0.4) is 0 Å². The van der Waals surface area contributed by atoms with Crippen LogP contribution in [-0.4, -0.2) is 74.3 Å². The second-order valence-electron chi connectivity index (χ2n) is 7.19. The molecule has 0 amide bonds. The van der Waals surface area contributed by atoms with Gasteiger partial charge in [0.2, 0.25) is 20.0 Å². The van der Waals surface area contributed by atoms with Crippen LogP contribution in [0.2, 0.25) is 0 Å². The number of hydrogen-bond acceptors (Lipinski definition) is 7. The Morgan fingerprint density at radius 3 is 2.26 bits per heavy atom. The number of primary sulfonamides is 1. The van der Waals surface area contributed by atoms with Gasteiger partial charge in [0.25, 0.3) is 0 Å². The van der Waals surface area contributed by atoms with Gasteiger partial charge >= 0.3 is 0 Å². The van der Waals surface area contributed by atoms with Gasteiger partial charge < -0.3 is 15.0 Å². The Morgan fingerprint density at radius 2 is 1.68 bits per heavy atom. The van der Waals surface area contributed by atoms with Crippen LogP contribution in [0, 0.1) is 0 Å². The van der Waals surface area contributed by atoms with Crippen molar-refractivity contribution in [3.05, 3.63) is 36.5 Å². The maximum atomic E-state index is 12.9. The van der Waals surface area contributed by atoms with Crippen LogP contribution >= 0.6 is 12.4 Å². The van der Waals surface area contributed by atoms with E-state index in [1.54, 1.807) is 0 Å². The van der Waals surface area contributed by atoms with Gasteiger partial charge in [0.15, 0.2) is 5.88 Å². The summed E-state index contributed by atoms with van der Waals surface area (Å²) in [6.07, 6.45) is 1.24. The molecule has 0 aliphatic carbocycles. The minimum Gasteiger partial charge on any atom is -0.494 e. The monoisotopic (exact) mass is 487 g/mol. The number of H-pyrrole nitrogens is 1. The van der Waals surface area contributed by atoms with Crippen LogP contribution in [0.5, 0.6) is 5.88 Å². The van der Waals surface area contributed by atoms with Gasteiger partial charge in [0.1, 0.15) is 4.90 Å². The van der Waals surface area contributed by atoms with Crippen LogP contribution in [-0.2, 0) is 20.0 Å². The lowest BCUT2D eigenvalue weighted by atomic mass is 10.1. The molecule has 0 atom stereocenters. The molecule has 0 unspecified atom stereocenters. The SMILES string of the molecule is CN1CCN(S(=O)(=O)c2ccc(-c3c(O)[nH]c4ccc(S(N)(=O)=O)cc34)nc2)CC1.Cl. The number of aromatic amines is 1. The number of nitrogens with zero attached hydrogens (tertiary/aromatic N) is 3. The molecule has 1 aliphatic rings. The fourth-order valence-electron chi connectivity index (χ4n) is 3.45. The van der Waals surface area contributed by atoms with Crippen molar-refractivity contribution in [1.82, 2.24) is 19.2 Å². The standard InChI is InChI=1S/C18H21N5O5S2.ClH/c1-22-6-8-23(9-7-22)30(27,28)13-3-5-16(20-11-13)17-14-10-12(29(19,25)26)2-4-15(14)21-18(17)24;/h2-5,10-11,21,24H,6-9H2,1H3,(H2,19,25,26);1H. The molecular formula is C18H22ClN5O5S2. The Kier molecular flexibility index (Phi) is 6.33. The predicted molar refractivity (Wildman–Crippen MR) is 118 cm³/mol. The summed E-state index contributed by atoms with van der Waals surface area (Å²) in [4.78, 5) is 8.98. The second kappa shape index (κ2) is 8.37. The van der Waals surface area contributed by atoms with E-state index in [2.05, 4.69) is 14.9 Å². The van der Waals surface area contributed by atoms with Crippen LogP contribution < -0.4 is 5.14 Å². The fourth-order valence-corrected chi connectivity index (χ4v) is 5.36. The molecule has 1 saturated heterocycles. The average Bonchev–Trinajstić information content (AvgIpc) is 3.02. The van der Waals surface area contributed by atoms with Crippen molar-refractivity contribution in [3.63, 3.8) is 0 Å². The van der Waals surface area contributed by atoms with E-state index >= 15 is 0 Å². The number of fused-ring (bicyclic) bond motifs is 1. The molecule has 10 nitrogen and oxygen atoms in total. The lowest BCUT2D eigenvalue weighted by Gasteiger charge is -2.31. The smallest absolute Gasteiger partial charge is 0.244 e. The molecule has 1 aromatic carbocycles. The minimum atomic E-state index is -3.93. The largest absolute Gasteiger partial charge is 0.494 e. The minimum absolute atomic E-state index is 0. The maximum absolute atomic E-state index is 12.9. The van der Waals surface area contributed by atoms with Crippen LogP contribution in [0.25, 0.3) is 22.2 Å². The summed E-state index contributed by atoms with van der Waals surface area (Å²) in [5.74, 6) is -0.209. The number of hydrogen-bond donors (Lipinski definition) is 3. The molecule has 1 aliphatic heterocycles. The highest BCUT2D eigenvalue weighted by Crippen LogP contribution is 2.36. The van der Waals surface area contributed by atoms with E-state index in [0.717, 1.165) is 0 Å². The first kappa shape index (κ1) is 23.4. The van der Waals surface area contributed by atoms with Gasteiger partial charge in [-0.1, -0.05) is 0 Å². The highest BCUT2D eigenvalue weighted by Gasteiger charge is 2.28. The Morgan fingerprint density at radius 1 is 1.03 bits per heavy atom. The predicted octanol–water partition coefficient (Wildman–Crippen LogP) is 0.941. The summed E-state index contributed by atoms with van der Waals surface area (Å²) in [5.41, 5.74) is 1.05. The number of pyridine rings is 1. The topological polar surface area (TPSA) is 150 Å². The van der Waals surface area contributed by atoms with E-state index in [0.29, 0.717) is 42.8 Å². The lowest BCUT2D eigenvalue weighted by Crippen LogP contribution is -2.47. The molecule has 31 heavy (non-hydrogen) atoms. The maximum Gasteiger partial charge on any atom is 0.244 e. The third-order valence-electron chi connectivity index (χ3n) is 5.17. The number of nitrogens with two attached hydrogens (primary N) is 1. The van der Waals surface area contributed by atoms with Crippen molar-refractivity contribution in [2.24, 2.45) is 5.14 Å². The molecular weight excluding hydrogens is 466 g/mol. The highest BCUT2D eigenvalue weighted by molar-refractivity contribution is 7.89. The molecule has 168 valence electrons. The Balaban J connectivity index is 0.00000272. The molecule has 13 heteroatoms. The van der Waals surface area contributed by atoms with Crippen molar-refractivity contribution in [2.45, 2.75) is 9.79 Å². The normalized spacial score (nSPS) is 16.3. The Labute approximate surface area is 186 Å². The molecule has 2 aromatic heterocycles. The Hall–Kier alpha value is -2.22. The first-order valence-electron chi connectivity index (χ1n) is 9.10. The number of nitrogens with one attached hydrogen (secondary N) is 1. The van der Waals surface area contributed by atoms with E-state index in [1.165, 1.54) is 40.8 Å². The van der Waals surface area contributed by atoms with Crippen molar-refractivity contribution in [1.29, 1.82) is 0 Å². The first-order chi connectivity index (χ1) is 14.1. The summed E-state index contributed by atoms with van der Waals surface area (Å²) >= 11 is 0. The summed E-state index contributed by atoms with van der Waals surface area (Å²) < 4.78 is 50.5. The number of likely N-dealkylation sites (N-methyl/N-ethyl adjacent to an activating group) is 1. The van der Waals surface area contributed by atoms with E-state index in [9.17, 15) is 21.9 Å². The van der Waals surface area contributed by atoms with Gasteiger partial charge in [-0.25, -0.2) is 22.0 Å². The third kappa shape index (κ3) is 4.40. The van der Waals surface area contributed by atoms with E-state index in [1.807, 2.05) is 7.05 Å². The van der Waals surface area contributed by atoms with Crippen LogP contribution in [0.1, 0.15) is 0 Å². The zero-order valence-corrected chi connectivity index (χ0v) is 19.0. The van der Waals surface area contributed by atoms with E-state index in [-0.39, 0.29) is 33.6 Å². The number of sulfonamides is 2. The summed E-state index contributed by atoms with van der Waals surface area (Å²) in [6, 6.07) is 7.07. The summed E-state index contributed by atoms with van der Waals surface area (Å²) in [6.45, 7) is 2.11. The first-order valence-corrected chi connectivity index (χ1v) is 12.1. The molecule has 4 rings (SSSR count). The molecule has 0 radical (unpaired) electrons. The second-order valence-corrected chi connectivity index (χ2v) is 10.7. The molecule has 4 N–H and O–H groups in total. The van der Waals surface area contributed by atoms with Crippen LogP contribution in [0.15, 0.2) is 46.3 Å². The van der Waals surface area contributed by atoms with Gasteiger partial charge in [-0.05, 0) is 37.4 Å². The number of halogens is 1. The number of aromatic hydroxyl groups is 1. The zero-order chi connectivity index (χ0) is 21.7. The number of aromatic nitrogens is 2. The molecule has 3 aromatic rings. The lowest BCUT2D eigenvalue weighted by molar-refractivity contribution is 0.222. The molecule has 0 bridgehead atoms. The van der Waals surface area contributed by atoms with Crippen molar-refractivity contribution in [3.8, 4) is 17.1 Å². The van der Waals surface area contributed by atoms with Crippen molar-refractivity contribution < 1.29 is 21.9 Å². The van der Waals surface area contributed by atoms with Gasteiger partial charge in [0.05, 0.1) is 16.2 Å². The van der Waals surface area contributed by atoms with E-state index in [4.69, 9.17) is 5.14 Å². The zero-order valence-electron chi connectivity index (χ0n) is 16.5. The Bertz CT molecular complexity index is 1320. The van der Waals surface area contributed by atoms with Gasteiger partial charge in [-0.15, -0.1) is 12.4 Å². The quantitative estimate of drug-likeness (QED) is 0.495. The average molecular weight is 488 g/mol. The molecule has 3 heterocycles. The van der Waals surface area contributed by atoms with Gasteiger partial charge in [-0.2, -0.15) is 4.31 Å². The fraction of sp³-hybridized carbons (Fsp3) is 0.278. The highest BCUT2D eigenvalue weighted by atomic mass is 35.5. The van der Waals surface area contributed by atoms with Crippen molar-refractivity contribution >= 4 is 43.4 Å². The summed E-state index contributed by atoms with van der Waals surface area (Å²) in [7, 11) is -5.66. The van der Waals surface area contributed by atoms with Gasteiger partial charge in [0, 0.05) is 43.3 Å². The molecule has 1 fully saturated rings. The molecule has 0 saturated carbocycles. The van der Waals surface area contributed by atoms with Crippen molar-refractivity contribution in [2.75, 3.05) is 33.2 Å². The number of rotatable bonds is 4. The number of piperazine rings is 1. The van der Waals surface area contributed by atoms with Crippen LogP contribution in [0.4, 0.5) is 0 Å². The van der Waals surface area contributed by atoms with E-state index < -0.39 is 20.0 Å².